The molecule has 0 bridgehead atoms. The van der Waals surface area contributed by atoms with Crippen molar-refractivity contribution >= 4 is 29.2 Å². The number of hydrogen-bond acceptors (Lipinski definition) is 1. The number of aliphatic carboxylic acids is 1. The fourth-order valence-electron chi connectivity index (χ4n) is 3.40. The van der Waals surface area contributed by atoms with Gasteiger partial charge in [-0.1, -0.05) is 44.0 Å². The maximum atomic E-state index is 11.6. The number of rotatable bonds is 2. The van der Waals surface area contributed by atoms with Crippen molar-refractivity contribution in [2.75, 3.05) is 0 Å². The van der Waals surface area contributed by atoms with Crippen molar-refractivity contribution in [3.63, 3.8) is 0 Å². The molecular weight excluding hydrogens is 307 g/mol. The minimum absolute atomic E-state index is 0.0633. The number of carboxylic acid groups (broad SMARTS) is 1. The van der Waals surface area contributed by atoms with Crippen LogP contribution in [0.3, 0.4) is 0 Å². The van der Waals surface area contributed by atoms with Crippen LogP contribution >= 0.6 is 23.2 Å². The SMILES string of the molecule is CC(C)(C)C1CCC(C(=O)O)C(c2cc(Cl)ccc2Cl)C1. The Morgan fingerprint density at radius 2 is 1.90 bits per heavy atom. The molecule has 116 valence electrons. The van der Waals surface area contributed by atoms with E-state index in [4.69, 9.17) is 23.2 Å². The van der Waals surface area contributed by atoms with Crippen molar-refractivity contribution in [2.45, 2.75) is 46.0 Å². The molecule has 1 N–H and O–H groups in total. The molecule has 0 spiro atoms. The molecule has 3 atom stereocenters. The molecule has 0 radical (unpaired) electrons. The highest BCUT2D eigenvalue weighted by atomic mass is 35.5. The van der Waals surface area contributed by atoms with Crippen LogP contribution in [0, 0.1) is 17.3 Å². The third-order valence-corrected chi connectivity index (χ3v) is 5.33. The lowest BCUT2D eigenvalue weighted by molar-refractivity contribution is -0.144. The molecule has 0 aromatic heterocycles. The second-order valence-corrected chi connectivity index (χ2v) is 7.94. The predicted molar refractivity (Wildman–Crippen MR) is 87.1 cm³/mol. The lowest BCUT2D eigenvalue weighted by Crippen LogP contribution is -2.34. The van der Waals surface area contributed by atoms with E-state index in [2.05, 4.69) is 20.8 Å². The molecule has 0 heterocycles. The molecule has 1 fully saturated rings. The van der Waals surface area contributed by atoms with Crippen LogP contribution in [0.1, 0.15) is 51.5 Å². The largest absolute Gasteiger partial charge is 0.481 e. The third-order valence-electron chi connectivity index (χ3n) is 4.75. The van der Waals surface area contributed by atoms with Gasteiger partial charge in [0.25, 0.3) is 0 Å². The summed E-state index contributed by atoms with van der Waals surface area (Å²) in [4.78, 5) is 11.6. The van der Waals surface area contributed by atoms with Crippen LogP contribution in [0.25, 0.3) is 0 Å². The van der Waals surface area contributed by atoms with E-state index in [1.165, 1.54) is 0 Å². The molecule has 1 aromatic carbocycles. The van der Waals surface area contributed by atoms with E-state index in [-0.39, 0.29) is 17.3 Å². The first kappa shape index (κ1) is 16.6. The van der Waals surface area contributed by atoms with Crippen molar-refractivity contribution in [3.8, 4) is 0 Å². The van der Waals surface area contributed by atoms with E-state index in [0.29, 0.717) is 22.4 Å². The minimum atomic E-state index is -0.733. The maximum Gasteiger partial charge on any atom is 0.307 e. The van der Waals surface area contributed by atoms with Gasteiger partial charge in [0.1, 0.15) is 0 Å². The van der Waals surface area contributed by atoms with Crippen molar-refractivity contribution in [2.24, 2.45) is 17.3 Å². The molecule has 21 heavy (non-hydrogen) atoms. The molecule has 1 aliphatic rings. The molecule has 2 nitrogen and oxygen atoms in total. The van der Waals surface area contributed by atoms with Gasteiger partial charge in [-0.15, -0.1) is 0 Å². The number of benzene rings is 1. The summed E-state index contributed by atoms with van der Waals surface area (Å²) in [7, 11) is 0. The summed E-state index contributed by atoms with van der Waals surface area (Å²) in [5.41, 5.74) is 1.05. The predicted octanol–water partition coefficient (Wildman–Crippen LogP) is 5.62. The standard InChI is InChI=1S/C17H22Cl2O2/c1-17(2,3)10-4-6-12(16(20)21)13(8-10)14-9-11(18)5-7-15(14)19/h5,7,9-10,12-13H,4,6,8H2,1-3H3,(H,20,21). The minimum Gasteiger partial charge on any atom is -0.481 e. The normalized spacial score (nSPS) is 26.6. The highest BCUT2D eigenvalue weighted by molar-refractivity contribution is 6.33. The lowest BCUT2D eigenvalue weighted by Gasteiger charge is -2.41. The van der Waals surface area contributed by atoms with Crippen molar-refractivity contribution in [1.29, 1.82) is 0 Å². The second-order valence-electron chi connectivity index (χ2n) is 7.09. The molecule has 3 unspecified atom stereocenters. The number of carbonyl (C=O) groups is 1. The van der Waals surface area contributed by atoms with Gasteiger partial charge in [0.2, 0.25) is 0 Å². The van der Waals surface area contributed by atoms with Crippen LogP contribution in [-0.2, 0) is 4.79 Å². The van der Waals surface area contributed by atoms with Gasteiger partial charge < -0.3 is 5.11 Å². The van der Waals surface area contributed by atoms with Crippen LogP contribution < -0.4 is 0 Å². The Bertz CT molecular complexity index is 534. The van der Waals surface area contributed by atoms with Crippen LogP contribution in [0.5, 0.6) is 0 Å². The third kappa shape index (κ3) is 3.73. The van der Waals surface area contributed by atoms with Gasteiger partial charge in [0.15, 0.2) is 0 Å². The highest BCUT2D eigenvalue weighted by Gasteiger charge is 2.40. The molecule has 2 rings (SSSR count). The molecular formula is C17H22Cl2O2. The van der Waals surface area contributed by atoms with E-state index < -0.39 is 5.97 Å². The van der Waals surface area contributed by atoms with Crippen molar-refractivity contribution in [3.05, 3.63) is 33.8 Å². The van der Waals surface area contributed by atoms with E-state index in [0.717, 1.165) is 18.4 Å². The van der Waals surface area contributed by atoms with Gasteiger partial charge >= 0.3 is 5.97 Å². The zero-order chi connectivity index (χ0) is 15.8. The molecule has 0 saturated heterocycles. The van der Waals surface area contributed by atoms with Gasteiger partial charge in [0, 0.05) is 10.0 Å². The Morgan fingerprint density at radius 1 is 1.24 bits per heavy atom. The Morgan fingerprint density at radius 3 is 2.48 bits per heavy atom. The monoisotopic (exact) mass is 328 g/mol. The Labute approximate surface area is 136 Å². The average molecular weight is 329 g/mol. The van der Waals surface area contributed by atoms with Crippen molar-refractivity contribution in [1.82, 2.24) is 0 Å². The summed E-state index contributed by atoms with van der Waals surface area (Å²) in [6.45, 7) is 6.65. The summed E-state index contributed by atoms with van der Waals surface area (Å²) >= 11 is 12.4. The molecule has 0 amide bonds. The van der Waals surface area contributed by atoms with Gasteiger partial charge in [-0.05, 0) is 60.3 Å². The summed E-state index contributed by atoms with van der Waals surface area (Å²) in [5.74, 6) is -0.678. The lowest BCUT2D eigenvalue weighted by atomic mass is 9.64. The Hall–Kier alpha value is -0.730. The molecule has 1 saturated carbocycles. The molecule has 4 heteroatoms. The van der Waals surface area contributed by atoms with Gasteiger partial charge in [-0.25, -0.2) is 0 Å². The topological polar surface area (TPSA) is 37.3 Å². The zero-order valence-electron chi connectivity index (χ0n) is 12.7. The quantitative estimate of drug-likeness (QED) is 0.764. The first-order chi connectivity index (χ1) is 9.70. The van der Waals surface area contributed by atoms with E-state index in [9.17, 15) is 9.90 Å². The average Bonchev–Trinajstić information content (AvgIpc) is 2.39. The van der Waals surface area contributed by atoms with Crippen LogP contribution in [0.15, 0.2) is 18.2 Å². The van der Waals surface area contributed by atoms with Gasteiger partial charge in [-0.3, -0.25) is 4.79 Å². The van der Waals surface area contributed by atoms with E-state index >= 15 is 0 Å². The summed E-state index contributed by atoms with van der Waals surface area (Å²) < 4.78 is 0. The number of hydrogen-bond donors (Lipinski definition) is 1. The van der Waals surface area contributed by atoms with Crippen LogP contribution in [0.2, 0.25) is 10.0 Å². The first-order valence-corrected chi connectivity index (χ1v) is 8.13. The smallest absolute Gasteiger partial charge is 0.307 e. The van der Waals surface area contributed by atoms with Crippen LogP contribution in [0.4, 0.5) is 0 Å². The Balaban J connectivity index is 2.38. The van der Waals surface area contributed by atoms with Crippen LogP contribution in [-0.4, -0.2) is 11.1 Å². The van der Waals surface area contributed by atoms with E-state index in [1.807, 2.05) is 6.07 Å². The summed E-state index contributed by atoms with van der Waals surface area (Å²) in [6.07, 6.45) is 2.50. The van der Waals surface area contributed by atoms with Gasteiger partial charge in [-0.2, -0.15) is 0 Å². The second kappa shape index (κ2) is 6.18. The maximum absolute atomic E-state index is 11.6. The van der Waals surface area contributed by atoms with Gasteiger partial charge in [0.05, 0.1) is 5.92 Å². The molecule has 0 aliphatic heterocycles. The summed E-state index contributed by atoms with van der Waals surface area (Å²) in [5, 5.41) is 10.8. The Kier molecular flexibility index (Phi) is 4.89. The first-order valence-electron chi connectivity index (χ1n) is 7.38. The number of carboxylic acids is 1. The fourth-order valence-corrected chi connectivity index (χ4v) is 3.83. The molecule has 1 aliphatic carbocycles. The van der Waals surface area contributed by atoms with E-state index in [1.54, 1.807) is 12.1 Å². The zero-order valence-corrected chi connectivity index (χ0v) is 14.2. The molecule has 1 aromatic rings. The highest BCUT2D eigenvalue weighted by Crippen LogP contribution is 2.48. The number of halogens is 2. The van der Waals surface area contributed by atoms with Crippen molar-refractivity contribution < 1.29 is 9.90 Å². The fraction of sp³-hybridized carbons (Fsp3) is 0.588. The summed E-state index contributed by atoms with van der Waals surface area (Å²) in [6, 6.07) is 5.33.